The van der Waals surface area contributed by atoms with Gasteiger partial charge < -0.3 is 4.90 Å². The number of thiazole rings is 1. The second-order valence-corrected chi connectivity index (χ2v) is 7.38. The predicted molar refractivity (Wildman–Crippen MR) is 106 cm³/mol. The highest BCUT2D eigenvalue weighted by Gasteiger charge is 2.10. The summed E-state index contributed by atoms with van der Waals surface area (Å²) in [4.78, 5) is 11.2. The highest BCUT2D eigenvalue weighted by molar-refractivity contribution is 7.15. The van der Waals surface area contributed by atoms with E-state index in [4.69, 9.17) is 0 Å². The van der Waals surface area contributed by atoms with Crippen LogP contribution in [0, 0.1) is 13.8 Å². The molecule has 0 aliphatic heterocycles. The molecule has 0 fully saturated rings. The van der Waals surface area contributed by atoms with E-state index in [2.05, 4.69) is 55.8 Å². The summed E-state index contributed by atoms with van der Waals surface area (Å²) in [6.45, 7) is 8.14. The molecule has 0 aliphatic carbocycles. The molecule has 0 aliphatic rings. The fourth-order valence-corrected chi connectivity index (χ4v) is 3.46. The molecular weight excluding hydrogens is 344 g/mol. The van der Waals surface area contributed by atoms with Crippen LogP contribution in [-0.4, -0.2) is 23.1 Å². The van der Waals surface area contributed by atoms with Crippen molar-refractivity contribution in [2.75, 3.05) is 18.0 Å². The second-order valence-electron chi connectivity index (χ2n) is 6.20. The van der Waals surface area contributed by atoms with Crippen molar-refractivity contribution in [1.82, 2.24) is 9.97 Å². The van der Waals surface area contributed by atoms with Crippen molar-refractivity contribution in [1.29, 1.82) is 0 Å². The fourth-order valence-electron chi connectivity index (χ4n) is 2.73. The largest absolute Gasteiger partial charge is 0.371 e. The lowest BCUT2D eigenvalue weighted by atomic mass is 10.2. The van der Waals surface area contributed by atoms with Crippen LogP contribution in [0.5, 0.6) is 0 Å². The van der Waals surface area contributed by atoms with Gasteiger partial charge in [0, 0.05) is 23.7 Å². The number of benzene rings is 1. The van der Waals surface area contributed by atoms with Crippen molar-refractivity contribution in [2.24, 2.45) is 17.3 Å². The van der Waals surface area contributed by atoms with Gasteiger partial charge in [-0.05, 0) is 45.0 Å². The minimum absolute atomic E-state index is 0.707. The number of H-pyrrole nitrogens is 1. The topological polar surface area (TPSA) is 60.5 Å². The average molecular weight is 370 g/mol. The van der Waals surface area contributed by atoms with Crippen molar-refractivity contribution in [3.05, 3.63) is 53.1 Å². The van der Waals surface area contributed by atoms with E-state index in [1.165, 1.54) is 16.4 Å². The van der Waals surface area contributed by atoms with E-state index >= 15 is 0 Å². The number of aromatic nitrogens is 3. The molecule has 26 heavy (non-hydrogen) atoms. The van der Waals surface area contributed by atoms with E-state index < -0.39 is 0 Å². The molecule has 0 atom stereocenters. The average Bonchev–Trinajstić information content (AvgIpc) is 3.20. The quantitative estimate of drug-likeness (QED) is 0.496. The predicted octanol–water partition coefficient (Wildman–Crippen LogP) is 4.40. The number of nitrogens with one attached hydrogen (secondary N) is 1. The summed E-state index contributed by atoms with van der Waals surface area (Å²) >= 11 is 1.57. The van der Waals surface area contributed by atoms with Gasteiger partial charge >= 0.3 is 0 Å². The van der Waals surface area contributed by atoms with Crippen LogP contribution < -0.4 is 9.47 Å². The molecular formula is C19H25N6S+. The molecule has 1 N–H and O–H groups in total. The first-order valence-corrected chi connectivity index (χ1v) is 9.61. The number of rotatable bonds is 7. The molecule has 7 heteroatoms. The number of nitrogens with zero attached hydrogens (tertiary/aromatic N) is 5. The zero-order valence-electron chi connectivity index (χ0n) is 15.7. The summed E-state index contributed by atoms with van der Waals surface area (Å²) in [7, 11) is 2.06. The maximum atomic E-state index is 4.39. The summed E-state index contributed by atoms with van der Waals surface area (Å²) in [5, 5.41) is 9.25. The molecule has 1 aromatic carbocycles. The Hall–Kier alpha value is -2.54. The number of hydrogen-bond acceptors (Lipinski definition) is 5. The molecule has 0 saturated carbocycles. The van der Waals surface area contributed by atoms with E-state index in [1.807, 2.05) is 38.4 Å². The lowest BCUT2D eigenvalue weighted by Gasteiger charge is -2.22. The third kappa shape index (κ3) is 4.35. The molecule has 0 amide bonds. The molecule has 2 aromatic heterocycles. The normalized spacial score (nSPS) is 11.4. The monoisotopic (exact) mass is 369 g/mol. The maximum Gasteiger partial charge on any atom is 0.255 e. The molecule has 3 rings (SSSR count). The highest BCUT2D eigenvalue weighted by Crippen LogP contribution is 2.27. The third-order valence-electron chi connectivity index (χ3n) is 4.46. The molecule has 0 radical (unpaired) electrons. The van der Waals surface area contributed by atoms with Gasteiger partial charge in [-0.25, -0.2) is 14.5 Å². The van der Waals surface area contributed by atoms with E-state index in [-0.39, 0.29) is 0 Å². The fraction of sp³-hybridized carbons (Fsp3) is 0.368. The molecule has 3 aromatic rings. The minimum Gasteiger partial charge on any atom is -0.371 e. The second kappa shape index (κ2) is 8.23. The van der Waals surface area contributed by atoms with Crippen molar-refractivity contribution < 1.29 is 4.57 Å². The van der Waals surface area contributed by atoms with Crippen molar-refractivity contribution in [2.45, 2.75) is 27.2 Å². The van der Waals surface area contributed by atoms with Crippen LogP contribution in [0.1, 0.15) is 23.3 Å². The Morgan fingerprint density at radius 3 is 2.54 bits per heavy atom. The SMILES string of the molecule is CCN(CCc1[nH]cc[n+]1C)c1ccc(N=Nc2nc(C)c(C)s2)cc1. The Morgan fingerprint density at radius 1 is 1.19 bits per heavy atom. The van der Waals surface area contributed by atoms with E-state index in [9.17, 15) is 0 Å². The molecule has 2 heterocycles. The zero-order valence-corrected chi connectivity index (χ0v) is 16.5. The van der Waals surface area contributed by atoms with E-state index in [1.54, 1.807) is 11.3 Å². The maximum absolute atomic E-state index is 4.39. The van der Waals surface area contributed by atoms with Gasteiger partial charge in [0.1, 0.15) is 12.4 Å². The summed E-state index contributed by atoms with van der Waals surface area (Å²) in [5.41, 5.74) is 3.06. The Morgan fingerprint density at radius 2 is 1.96 bits per heavy atom. The van der Waals surface area contributed by atoms with E-state index in [0.717, 1.165) is 30.9 Å². The zero-order chi connectivity index (χ0) is 18.5. The van der Waals surface area contributed by atoms with Gasteiger partial charge in [-0.2, -0.15) is 0 Å². The Labute approximate surface area is 158 Å². The number of likely N-dealkylation sites (N-methyl/N-ethyl adjacent to an activating group) is 1. The standard InChI is InChI=1S/C19H24N6S/c1-5-25(12-10-18-20-11-13-24(18)4)17-8-6-16(7-9-17)22-23-19-21-14(2)15(3)26-19/h6-9,11,13H,5,10,12H2,1-4H3/p+1. The number of hydrogen-bond donors (Lipinski definition) is 1. The van der Waals surface area contributed by atoms with E-state index in [0.29, 0.717) is 5.13 Å². The van der Waals surface area contributed by atoms with Gasteiger partial charge in [-0.3, -0.25) is 0 Å². The number of imidazole rings is 1. The van der Waals surface area contributed by atoms with Gasteiger partial charge in [0.15, 0.2) is 0 Å². The first-order chi connectivity index (χ1) is 12.6. The summed E-state index contributed by atoms with van der Waals surface area (Å²) < 4.78 is 2.12. The molecule has 0 spiro atoms. The summed E-state index contributed by atoms with van der Waals surface area (Å²) in [6, 6.07) is 8.21. The number of aromatic amines is 1. The number of azo groups is 1. The van der Waals surface area contributed by atoms with Crippen LogP contribution in [0.15, 0.2) is 46.9 Å². The lowest BCUT2D eigenvalue weighted by Crippen LogP contribution is -2.34. The van der Waals surface area contributed by atoms with Crippen LogP contribution in [0.2, 0.25) is 0 Å². The summed E-state index contributed by atoms with van der Waals surface area (Å²) in [5.74, 6) is 1.22. The molecule has 0 bridgehead atoms. The van der Waals surface area contributed by atoms with Crippen LogP contribution in [-0.2, 0) is 13.5 Å². The molecule has 0 unspecified atom stereocenters. The molecule has 6 nitrogen and oxygen atoms in total. The van der Waals surface area contributed by atoms with Crippen LogP contribution >= 0.6 is 11.3 Å². The first kappa shape index (κ1) is 18.3. The van der Waals surface area contributed by atoms with Crippen molar-refractivity contribution >= 4 is 27.8 Å². The number of anilines is 1. The number of aryl methyl sites for hydroxylation is 3. The molecule has 136 valence electrons. The Bertz CT molecular complexity index is 858. The van der Waals surface area contributed by atoms with Crippen LogP contribution in [0.25, 0.3) is 0 Å². The van der Waals surface area contributed by atoms with Gasteiger partial charge in [0.2, 0.25) is 5.13 Å². The Kier molecular flexibility index (Phi) is 5.78. The lowest BCUT2D eigenvalue weighted by molar-refractivity contribution is -0.677. The first-order valence-electron chi connectivity index (χ1n) is 8.79. The highest BCUT2D eigenvalue weighted by atomic mass is 32.1. The van der Waals surface area contributed by atoms with Gasteiger partial charge in [-0.1, -0.05) is 11.3 Å². The smallest absolute Gasteiger partial charge is 0.255 e. The summed E-state index contributed by atoms with van der Waals surface area (Å²) in [6.07, 6.45) is 4.98. The molecule has 0 saturated heterocycles. The van der Waals surface area contributed by atoms with Crippen molar-refractivity contribution in [3.8, 4) is 0 Å². The van der Waals surface area contributed by atoms with Crippen molar-refractivity contribution in [3.63, 3.8) is 0 Å². The van der Waals surface area contributed by atoms with Gasteiger partial charge in [0.25, 0.3) is 5.82 Å². The Balaban J connectivity index is 1.64. The van der Waals surface area contributed by atoms with Crippen LogP contribution in [0.3, 0.4) is 0 Å². The van der Waals surface area contributed by atoms with Crippen LogP contribution in [0.4, 0.5) is 16.5 Å². The third-order valence-corrected chi connectivity index (χ3v) is 5.41. The van der Waals surface area contributed by atoms with Gasteiger partial charge in [-0.15, -0.1) is 10.2 Å². The van der Waals surface area contributed by atoms with Gasteiger partial charge in [0.05, 0.1) is 24.8 Å². The minimum atomic E-state index is 0.707.